The Morgan fingerprint density at radius 2 is 1.62 bits per heavy atom. The van der Waals surface area contributed by atoms with Crippen LogP contribution in [0.15, 0.2) is 77.7 Å². The predicted molar refractivity (Wildman–Crippen MR) is 144 cm³/mol. The van der Waals surface area contributed by atoms with E-state index in [2.05, 4.69) is 63.7 Å². The molecule has 0 spiro atoms. The van der Waals surface area contributed by atoms with E-state index in [1.807, 2.05) is 51.6 Å². The fourth-order valence-corrected chi connectivity index (χ4v) is 4.77. The Morgan fingerprint density at radius 3 is 2.35 bits per heavy atom. The Labute approximate surface area is 216 Å². The number of pyridine rings is 1. The molecule has 37 heavy (non-hydrogen) atoms. The van der Waals surface area contributed by atoms with E-state index >= 15 is 0 Å². The van der Waals surface area contributed by atoms with Gasteiger partial charge in [-0.1, -0.05) is 74.4 Å². The summed E-state index contributed by atoms with van der Waals surface area (Å²) >= 11 is 0. The van der Waals surface area contributed by atoms with Crippen LogP contribution in [-0.2, 0) is 19.5 Å². The number of H-pyrrole nitrogens is 1. The number of aromatic nitrogens is 7. The van der Waals surface area contributed by atoms with Crippen LogP contribution in [0.5, 0.6) is 0 Å². The molecule has 0 aliphatic heterocycles. The van der Waals surface area contributed by atoms with Crippen molar-refractivity contribution < 1.29 is 0 Å². The minimum absolute atomic E-state index is 0.0426. The fourth-order valence-electron chi connectivity index (χ4n) is 4.77. The lowest BCUT2D eigenvalue weighted by atomic mass is 10.0. The minimum atomic E-state index is 0.0426. The number of rotatable bonds is 10. The molecule has 0 unspecified atom stereocenters. The zero-order valence-electron chi connectivity index (χ0n) is 21.3. The number of nitrogens with zero attached hydrogens (tertiary/aromatic N) is 6. The topological polar surface area (TPSA) is 94.3 Å². The van der Waals surface area contributed by atoms with Crippen LogP contribution in [0.2, 0.25) is 0 Å². The van der Waals surface area contributed by atoms with Gasteiger partial charge in [-0.2, -0.15) is 5.21 Å². The highest BCUT2D eigenvalue weighted by Gasteiger charge is 2.18. The van der Waals surface area contributed by atoms with E-state index in [9.17, 15) is 4.79 Å². The predicted octanol–water partition coefficient (Wildman–Crippen LogP) is 5.03. The Kier molecular flexibility index (Phi) is 7.35. The van der Waals surface area contributed by atoms with Crippen molar-refractivity contribution in [3.05, 3.63) is 106 Å². The van der Waals surface area contributed by atoms with Crippen molar-refractivity contribution in [3.63, 3.8) is 0 Å². The van der Waals surface area contributed by atoms with Crippen molar-refractivity contribution in [2.45, 2.75) is 52.6 Å². The molecule has 0 atom stereocenters. The summed E-state index contributed by atoms with van der Waals surface area (Å²) < 4.78 is 3.87. The summed E-state index contributed by atoms with van der Waals surface area (Å²) in [5.41, 5.74) is 6.98. The zero-order valence-corrected chi connectivity index (χ0v) is 21.3. The summed E-state index contributed by atoms with van der Waals surface area (Å²) in [5, 5.41) is 14.4. The molecule has 0 saturated heterocycles. The molecule has 0 fully saturated rings. The van der Waals surface area contributed by atoms with Gasteiger partial charge in [0.15, 0.2) is 0 Å². The van der Waals surface area contributed by atoms with Crippen LogP contribution in [0.25, 0.3) is 22.6 Å². The third kappa shape index (κ3) is 5.28. The maximum Gasteiger partial charge on any atom is 0.329 e. The summed E-state index contributed by atoms with van der Waals surface area (Å²) in [7, 11) is 0. The molecular formula is C29H31N7O. The van der Waals surface area contributed by atoms with Crippen LogP contribution in [-0.4, -0.2) is 34.7 Å². The molecule has 5 rings (SSSR count). The van der Waals surface area contributed by atoms with Crippen molar-refractivity contribution in [1.29, 1.82) is 0 Å². The largest absolute Gasteiger partial charge is 0.329 e. The maximum atomic E-state index is 13.6. The maximum absolute atomic E-state index is 13.6. The third-order valence-electron chi connectivity index (χ3n) is 6.77. The summed E-state index contributed by atoms with van der Waals surface area (Å²) in [6.45, 7) is 5.39. The molecule has 8 heteroatoms. The molecule has 5 aromatic rings. The van der Waals surface area contributed by atoms with Crippen LogP contribution < -0.4 is 5.69 Å². The number of unbranched alkanes of at least 4 members (excludes halogenated alkanes) is 2. The van der Waals surface area contributed by atoms with Gasteiger partial charge in [0, 0.05) is 28.7 Å². The van der Waals surface area contributed by atoms with Gasteiger partial charge in [-0.05, 0) is 48.2 Å². The molecule has 8 nitrogen and oxygen atoms in total. The smallest absolute Gasteiger partial charge is 0.292 e. The second-order valence-corrected chi connectivity index (χ2v) is 9.26. The normalized spacial score (nSPS) is 11.2. The van der Waals surface area contributed by atoms with E-state index in [-0.39, 0.29) is 5.69 Å². The van der Waals surface area contributed by atoms with Gasteiger partial charge >= 0.3 is 5.69 Å². The average molecular weight is 494 g/mol. The molecule has 0 amide bonds. The van der Waals surface area contributed by atoms with Crippen molar-refractivity contribution in [2.75, 3.05) is 0 Å². The highest BCUT2D eigenvalue weighted by atomic mass is 16.1. The second-order valence-electron chi connectivity index (χ2n) is 9.26. The molecule has 188 valence electrons. The summed E-state index contributed by atoms with van der Waals surface area (Å²) in [6, 6.07) is 22.2. The number of tetrazole rings is 1. The van der Waals surface area contributed by atoms with Crippen LogP contribution >= 0.6 is 0 Å². The molecule has 0 bridgehead atoms. The lowest BCUT2D eigenvalue weighted by molar-refractivity contribution is 0.643. The minimum Gasteiger partial charge on any atom is -0.292 e. The number of hydrogen-bond donors (Lipinski definition) is 1. The van der Waals surface area contributed by atoms with Crippen LogP contribution in [0.1, 0.15) is 48.7 Å². The number of hydrogen-bond acceptors (Lipinski definition) is 5. The fraction of sp³-hybridized carbons (Fsp3) is 0.276. The first-order chi connectivity index (χ1) is 18.2. The number of imidazole rings is 1. The van der Waals surface area contributed by atoms with E-state index < -0.39 is 0 Å². The summed E-state index contributed by atoms with van der Waals surface area (Å²) in [5.74, 6) is 0.505. The molecule has 2 aromatic carbocycles. The van der Waals surface area contributed by atoms with Crippen molar-refractivity contribution >= 4 is 0 Å². The first kappa shape index (κ1) is 24.4. The van der Waals surface area contributed by atoms with Gasteiger partial charge in [-0.15, -0.1) is 10.2 Å². The lowest BCUT2D eigenvalue weighted by Crippen LogP contribution is -2.26. The zero-order chi connectivity index (χ0) is 25.6. The van der Waals surface area contributed by atoms with Gasteiger partial charge in [-0.3, -0.25) is 14.1 Å². The van der Waals surface area contributed by atoms with E-state index in [1.165, 1.54) is 0 Å². The Bertz CT molecular complexity index is 1500. The molecule has 0 radical (unpaired) electrons. The highest BCUT2D eigenvalue weighted by molar-refractivity contribution is 5.76. The SMILES string of the molecule is CCCCCc1c(C)n(Cc2ccccc2)c(=O)n1Cc1ccc(-c2ncccc2-c2nn[nH]n2)cc1. The first-order valence-electron chi connectivity index (χ1n) is 12.8. The van der Waals surface area contributed by atoms with Crippen molar-refractivity contribution in [3.8, 4) is 22.6 Å². The third-order valence-corrected chi connectivity index (χ3v) is 6.77. The van der Waals surface area contributed by atoms with E-state index in [0.717, 1.165) is 65.0 Å². The van der Waals surface area contributed by atoms with E-state index in [4.69, 9.17) is 0 Å². The average Bonchev–Trinajstić information content (AvgIpc) is 3.55. The number of nitrogens with one attached hydrogen (secondary N) is 1. The molecule has 1 N–H and O–H groups in total. The molecule has 0 saturated carbocycles. The van der Waals surface area contributed by atoms with Gasteiger partial charge in [0.1, 0.15) is 0 Å². The quantitative estimate of drug-likeness (QED) is 0.275. The Hall–Kier alpha value is -4.33. The molecule has 3 aromatic heterocycles. The van der Waals surface area contributed by atoms with Gasteiger partial charge in [-0.25, -0.2) is 4.79 Å². The van der Waals surface area contributed by atoms with E-state index in [1.54, 1.807) is 6.20 Å². The van der Waals surface area contributed by atoms with Gasteiger partial charge in [0.25, 0.3) is 0 Å². The highest BCUT2D eigenvalue weighted by Crippen LogP contribution is 2.28. The van der Waals surface area contributed by atoms with Gasteiger partial charge in [0.2, 0.25) is 5.82 Å². The van der Waals surface area contributed by atoms with Crippen molar-refractivity contribution in [1.82, 2.24) is 34.7 Å². The van der Waals surface area contributed by atoms with Crippen LogP contribution in [0, 0.1) is 6.92 Å². The lowest BCUT2D eigenvalue weighted by Gasteiger charge is -2.10. The molecule has 0 aliphatic rings. The van der Waals surface area contributed by atoms with Crippen LogP contribution in [0.3, 0.4) is 0 Å². The molecule has 0 aliphatic carbocycles. The standard InChI is InChI=1S/C29H31N7O/c1-3-4-6-13-26-21(2)35(19-22-10-7-5-8-11-22)29(37)36(26)20-23-14-16-24(17-15-23)27-25(12-9-18-30-27)28-31-33-34-32-28/h5,7-12,14-18H,3-4,6,13,19-20H2,1-2H3,(H,31,32,33,34). The number of benzene rings is 2. The first-order valence-corrected chi connectivity index (χ1v) is 12.8. The van der Waals surface area contributed by atoms with E-state index in [0.29, 0.717) is 18.9 Å². The van der Waals surface area contributed by atoms with Crippen LogP contribution in [0.4, 0.5) is 0 Å². The van der Waals surface area contributed by atoms with Gasteiger partial charge < -0.3 is 0 Å². The molecule has 3 heterocycles. The Morgan fingerprint density at radius 1 is 0.865 bits per heavy atom. The monoisotopic (exact) mass is 493 g/mol. The van der Waals surface area contributed by atoms with Gasteiger partial charge in [0.05, 0.1) is 18.8 Å². The summed E-state index contributed by atoms with van der Waals surface area (Å²) in [4.78, 5) is 18.2. The Balaban J connectivity index is 1.45. The molecular weight excluding hydrogens is 462 g/mol. The number of aromatic amines is 1. The summed E-state index contributed by atoms with van der Waals surface area (Å²) in [6.07, 6.45) is 6.03. The van der Waals surface area contributed by atoms with Crippen molar-refractivity contribution in [2.24, 2.45) is 0 Å². The second kappa shape index (κ2) is 11.2.